The van der Waals surface area contributed by atoms with Gasteiger partial charge in [0.15, 0.2) is 0 Å². The normalized spacial score (nSPS) is 11.8. The molecule has 0 aliphatic rings. The fourth-order valence-electron chi connectivity index (χ4n) is 3.24. The highest BCUT2D eigenvalue weighted by Crippen LogP contribution is 2.25. The van der Waals surface area contributed by atoms with Gasteiger partial charge in [0.1, 0.15) is 11.8 Å². The largest absolute Gasteiger partial charge is 0.497 e. The van der Waals surface area contributed by atoms with Crippen LogP contribution in [-0.2, 0) is 21.9 Å². The molecule has 1 N–H and O–H groups in total. The van der Waals surface area contributed by atoms with Crippen LogP contribution in [-0.4, -0.2) is 41.7 Å². The van der Waals surface area contributed by atoms with Crippen molar-refractivity contribution in [3.8, 4) is 5.75 Å². The van der Waals surface area contributed by atoms with E-state index in [-0.39, 0.29) is 23.6 Å². The highest BCUT2D eigenvalue weighted by Gasteiger charge is 2.29. The molecule has 0 aliphatic heterocycles. The first-order chi connectivity index (χ1) is 15.2. The van der Waals surface area contributed by atoms with Crippen LogP contribution in [0.3, 0.4) is 0 Å². The molecule has 2 amide bonds. The molecule has 0 aliphatic carbocycles. The Labute approximate surface area is 204 Å². The number of carbonyl (C=O) groups excluding carboxylic acids is 2. The van der Waals surface area contributed by atoms with Gasteiger partial charge in [0, 0.05) is 28.4 Å². The van der Waals surface area contributed by atoms with Crippen LogP contribution in [0.4, 0.5) is 0 Å². The molecule has 0 heterocycles. The fraction of sp³-hybridized carbons (Fsp3) is 0.417. The molecule has 5 nitrogen and oxygen atoms in total. The third kappa shape index (κ3) is 7.91. The lowest BCUT2D eigenvalue weighted by Gasteiger charge is -2.31. The molecule has 0 bridgehead atoms. The third-order valence-corrected chi connectivity index (χ3v) is 6.36. The summed E-state index contributed by atoms with van der Waals surface area (Å²) in [7, 11) is 1.60. The van der Waals surface area contributed by atoms with Gasteiger partial charge < -0.3 is 15.0 Å². The SMILES string of the molecule is CC[C@@H](C(=O)NC(C)C)N(Cc1cccc(OC)c1)C(=O)CSCc1ccc(Cl)cc1Cl. The molecule has 0 aromatic heterocycles. The van der Waals surface area contributed by atoms with Gasteiger partial charge in [0.05, 0.1) is 12.9 Å². The van der Waals surface area contributed by atoms with Gasteiger partial charge in [-0.3, -0.25) is 9.59 Å². The number of halogens is 2. The lowest BCUT2D eigenvalue weighted by molar-refractivity contribution is -0.139. The van der Waals surface area contributed by atoms with Gasteiger partial charge in [0.2, 0.25) is 11.8 Å². The molecule has 2 rings (SSSR count). The second-order valence-corrected chi connectivity index (χ2v) is 9.52. The topological polar surface area (TPSA) is 58.6 Å². The molecule has 0 saturated heterocycles. The number of hydrogen-bond donors (Lipinski definition) is 1. The number of hydrogen-bond acceptors (Lipinski definition) is 4. The van der Waals surface area contributed by atoms with Gasteiger partial charge in [-0.1, -0.05) is 48.3 Å². The number of thioether (sulfide) groups is 1. The Morgan fingerprint density at radius 2 is 1.91 bits per heavy atom. The maximum absolute atomic E-state index is 13.3. The van der Waals surface area contributed by atoms with Gasteiger partial charge in [-0.15, -0.1) is 11.8 Å². The number of nitrogens with zero attached hydrogens (tertiary/aromatic N) is 1. The molecule has 32 heavy (non-hydrogen) atoms. The Morgan fingerprint density at radius 1 is 1.16 bits per heavy atom. The molecule has 8 heteroatoms. The number of nitrogens with one attached hydrogen (secondary N) is 1. The van der Waals surface area contributed by atoms with Gasteiger partial charge in [0.25, 0.3) is 0 Å². The van der Waals surface area contributed by atoms with E-state index < -0.39 is 6.04 Å². The van der Waals surface area contributed by atoms with Crippen molar-refractivity contribution in [2.75, 3.05) is 12.9 Å². The van der Waals surface area contributed by atoms with E-state index in [1.807, 2.05) is 51.1 Å². The number of ether oxygens (including phenoxy) is 1. The first-order valence-electron chi connectivity index (χ1n) is 10.5. The summed E-state index contributed by atoms with van der Waals surface area (Å²) in [6, 6.07) is 12.3. The number of carbonyl (C=O) groups is 2. The van der Waals surface area contributed by atoms with E-state index in [9.17, 15) is 9.59 Å². The van der Waals surface area contributed by atoms with Gasteiger partial charge >= 0.3 is 0 Å². The van der Waals surface area contributed by atoms with Crippen LogP contribution in [0.25, 0.3) is 0 Å². The number of amides is 2. The van der Waals surface area contributed by atoms with Crippen LogP contribution < -0.4 is 10.1 Å². The van der Waals surface area contributed by atoms with Gasteiger partial charge in [-0.05, 0) is 55.7 Å². The van der Waals surface area contributed by atoms with Crippen molar-refractivity contribution in [1.82, 2.24) is 10.2 Å². The molecule has 2 aromatic carbocycles. The summed E-state index contributed by atoms with van der Waals surface area (Å²) in [4.78, 5) is 27.8. The Balaban J connectivity index is 2.17. The molecule has 0 radical (unpaired) electrons. The van der Waals surface area contributed by atoms with Crippen molar-refractivity contribution in [3.05, 3.63) is 63.6 Å². The predicted molar refractivity (Wildman–Crippen MR) is 134 cm³/mol. The Hall–Kier alpha value is -1.89. The van der Waals surface area contributed by atoms with Crippen LogP contribution in [0.2, 0.25) is 10.0 Å². The molecule has 0 unspecified atom stereocenters. The highest BCUT2D eigenvalue weighted by atomic mass is 35.5. The highest BCUT2D eigenvalue weighted by molar-refractivity contribution is 7.99. The van der Waals surface area contributed by atoms with Crippen LogP contribution in [0.15, 0.2) is 42.5 Å². The second kappa shape index (κ2) is 13.0. The average Bonchev–Trinajstić information content (AvgIpc) is 2.74. The smallest absolute Gasteiger partial charge is 0.243 e. The summed E-state index contributed by atoms with van der Waals surface area (Å²) in [6.45, 7) is 6.05. The van der Waals surface area contributed by atoms with Gasteiger partial charge in [-0.25, -0.2) is 0 Å². The van der Waals surface area contributed by atoms with Crippen molar-refractivity contribution < 1.29 is 14.3 Å². The van der Waals surface area contributed by atoms with Crippen molar-refractivity contribution in [2.45, 2.75) is 51.6 Å². The molecule has 0 saturated carbocycles. The van der Waals surface area contributed by atoms with E-state index in [1.54, 1.807) is 24.1 Å². The monoisotopic (exact) mass is 496 g/mol. The average molecular weight is 497 g/mol. The Bertz CT molecular complexity index is 924. The maximum atomic E-state index is 13.3. The summed E-state index contributed by atoms with van der Waals surface area (Å²) >= 11 is 13.7. The zero-order valence-electron chi connectivity index (χ0n) is 18.9. The van der Waals surface area contributed by atoms with E-state index in [4.69, 9.17) is 27.9 Å². The first kappa shape index (κ1) is 26.4. The number of benzene rings is 2. The van der Waals surface area contributed by atoms with E-state index in [0.29, 0.717) is 34.5 Å². The van der Waals surface area contributed by atoms with Crippen molar-refractivity contribution in [2.24, 2.45) is 0 Å². The van der Waals surface area contributed by atoms with E-state index in [0.717, 1.165) is 11.1 Å². The standard InChI is InChI=1S/C24H30Cl2N2O3S/c1-5-22(24(30)27-16(2)3)28(13-17-7-6-8-20(11-17)31-4)23(29)15-32-14-18-9-10-19(25)12-21(18)26/h6-12,16,22H,5,13-15H2,1-4H3,(H,27,30)/t22-/m0/s1. The second-order valence-electron chi connectivity index (χ2n) is 7.69. The fourth-order valence-corrected chi connectivity index (χ4v) is 4.71. The van der Waals surface area contributed by atoms with Crippen molar-refractivity contribution in [1.29, 1.82) is 0 Å². The zero-order chi connectivity index (χ0) is 23.7. The minimum absolute atomic E-state index is 0.00765. The van der Waals surface area contributed by atoms with Crippen LogP contribution in [0.5, 0.6) is 5.75 Å². The molecule has 0 spiro atoms. The Morgan fingerprint density at radius 3 is 2.53 bits per heavy atom. The minimum Gasteiger partial charge on any atom is -0.497 e. The van der Waals surface area contributed by atoms with Crippen LogP contribution in [0.1, 0.15) is 38.3 Å². The van der Waals surface area contributed by atoms with E-state index in [1.165, 1.54) is 11.8 Å². The Kier molecular flexibility index (Phi) is 10.7. The quantitative estimate of drug-likeness (QED) is 0.441. The molecule has 2 aromatic rings. The maximum Gasteiger partial charge on any atom is 0.243 e. The van der Waals surface area contributed by atoms with E-state index >= 15 is 0 Å². The van der Waals surface area contributed by atoms with Crippen LogP contribution in [0, 0.1) is 0 Å². The molecular formula is C24H30Cl2N2O3S. The third-order valence-electron chi connectivity index (χ3n) is 4.80. The summed E-state index contributed by atoms with van der Waals surface area (Å²) < 4.78 is 5.31. The van der Waals surface area contributed by atoms with Gasteiger partial charge in [-0.2, -0.15) is 0 Å². The summed E-state index contributed by atoms with van der Waals surface area (Å²) in [5.41, 5.74) is 1.82. The lowest BCUT2D eigenvalue weighted by atomic mass is 10.1. The van der Waals surface area contributed by atoms with Crippen molar-refractivity contribution >= 4 is 46.8 Å². The zero-order valence-corrected chi connectivity index (χ0v) is 21.2. The number of rotatable bonds is 11. The molecule has 174 valence electrons. The predicted octanol–water partition coefficient (Wildman–Crippen LogP) is 5.57. The van der Waals surface area contributed by atoms with Crippen LogP contribution >= 0.6 is 35.0 Å². The molecule has 1 atom stereocenters. The summed E-state index contributed by atoms with van der Waals surface area (Å²) in [6.07, 6.45) is 0.516. The summed E-state index contributed by atoms with van der Waals surface area (Å²) in [5.74, 6) is 1.26. The lowest BCUT2D eigenvalue weighted by Crippen LogP contribution is -2.50. The van der Waals surface area contributed by atoms with E-state index in [2.05, 4.69) is 5.32 Å². The first-order valence-corrected chi connectivity index (χ1v) is 12.4. The minimum atomic E-state index is -0.559. The number of methoxy groups -OCH3 is 1. The summed E-state index contributed by atoms with van der Waals surface area (Å²) in [5, 5.41) is 4.09. The van der Waals surface area contributed by atoms with Crippen molar-refractivity contribution in [3.63, 3.8) is 0 Å². The molecular weight excluding hydrogens is 467 g/mol. The molecule has 0 fully saturated rings.